The first-order chi connectivity index (χ1) is 16.9. The molecule has 2 aliphatic rings. The zero-order chi connectivity index (χ0) is 24.8. The Morgan fingerprint density at radius 2 is 1.94 bits per heavy atom. The number of amides is 1. The van der Waals surface area contributed by atoms with Crippen LogP contribution in [0, 0.1) is 0 Å². The van der Waals surface area contributed by atoms with Gasteiger partial charge in [0, 0.05) is 37.9 Å². The molecule has 0 atom stereocenters. The molecule has 1 N–H and O–H groups in total. The van der Waals surface area contributed by atoms with Gasteiger partial charge in [-0.15, -0.1) is 0 Å². The Balaban J connectivity index is 1.60. The van der Waals surface area contributed by atoms with Crippen LogP contribution in [0.15, 0.2) is 30.5 Å². The molecule has 1 fully saturated rings. The highest BCUT2D eigenvalue weighted by molar-refractivity contribution is 7.92. The van der Waals surface area contributed by atoms with Crippen LogP contribution in [0.4, 0.5) is 11.4 Å². The number of hydrogen-bond donors (Lipinski definition) is 1. The van der Waals surface area contributed by atoms with E-state index in [-0.39, 0.29) is 29.8 Å². The number of benzene rings is 1. The number of carbonyl (C=O) groups excluding carboxylic acids is 1. The average molecular weight is 505 g/mol. The summed E-state index contributed by atoms with van der Waals surface area (Å²) >= 11 is 0. The second-order valence-corrected chi connectivity index (χ2v) is 10.4. The molecule has 0 saturated carbocycles. The largest absolute Gasteiger partial charge is 0.482 e. The molecule has 4 rings (SSSR count). The maximum absolute atomic E-state index is 12.7. The standard InChI is InChI=1S/C24H32N4O6S/c1-3-4-13-35(30,31)26-20-14-19(16-25-24(20)32-2)18-5-6-22-21(15-18)28(23(29)17-34-22)8-7-27-9-11-33-12-10-27/h5-6,14-16,26H,3-4,7-13,17H2,1-2H3. The summed E-state index contributed by atoms with van der Waals surface area (Å²) in [6.07, 6.45) is 2.95. The number of pyridine rings is 1. The second-order valence-electron chi connectivity index (χ2n) is 8.53. The van der Waals surface area contributed by atoms with Crippen LogP contribution in [-0.4, -0.2) is 83.1 Å². The number of aromatic nitrogens is 1. The number of fused-ring (bicyclic) bond motifs is 1. The molecule has 1 aromatic carbocycles. The van der Waals surface area contributed by atoms with Crippen molar-refractivity contribution in [3.05, 3.63) is 30.5 Å². The monoisotopic (exact) mass is 504 g/mol. The highest BCUT2D eigenvalue weighted by Crippen LogP contribution is 2.37. The van der Waals surface area contributed by atoms with Gasteiger partial charge in [0.15, 0.2) is 6.61 Å². The first kappa shape index (κ1) is 25.2. The van der Waals surface area contributed by atoms with Gasteiger partial charge in [0.2, 0.25) is 15.9 Å². The zero-order valence-electron chi connectivity index (χ0n) is 20.2. The van der Waals surface area contributed by atoms with Gasteiger partial charge in [0.1, 0.15) is 11.4 Å². The summed E-state index contributed by atoms with van der Waals surface area (Å²) in [4.78, 5) is 21.0. The molecule has 3 heterocycles. The van der Waals surface area contributed by atoms with Crippen LogP contribution >= 0.6 is 0 Å². The number of nitrogens with one attached hydrogen (secondary N) is 1. The number of sulfonamides is 1. The van der Waals surface area contributed by atoms with Crippen molar-refractivity contribution in [1.82, 2.24) is 9.88 Å². The number of morpholine rings is 1. The summed E-state index contributed by atoms with van der Waals surface area (Å²) in [6.45, 7) is 6.32. The van der Waals surface area contributed by atoms with E-state index in [1.165, 1.54) is 7.11 Å². The second kappa shape index (κ2) is 11.2. The van der Waals surface area contributed by atoms with Crippen molar-refractivity contribution in [2.24, 2.45) is 0 Å². The van der Waals surface area contributed by atoms with Crippen LogP contribution in [0.25, 0.3) is 11.1 Å². The quantitative estimate of drug-likeness (QED) is 0.525. The Bertz CT molecular complexity index is 1150. The fourth-order valence-corrected chi connectivity index (χ4v) is 5.34. The predicted octanol–water partition coefficient (Wildman–Crippen LogP) is 2.36. The lowest BCUT2D eigenvalue weighted by Gasteiger charge is -2.33. The first-order valence-electron chi connectivity index (χ1n) is 11.8. The number of hydrogen-bond acceptors (Lipinski definition) is 8. The highest BCUT2D eigenvalue weighted by Gasteiger charge is 2.27. The van der Waals surface area contributed by atoms with Crippen LogP contribution in [0.5, 0.6) is 11.6 Å². The summed E-state index contributed by atoms with van der Waals surface area (Å²) in [5.41, 5.74) is 2.43. The maximum Gasteiger partial charge on any atom is 0.265 e. The number of ether oxygens (including phenoxy) is 3. The van der Waals surface area contributed by atoms with Crippen LogP contribution in [-0.2, 0) is 19.6 Å². The zero-order valence-corrected chi connectivity index (χ0v) is 21.0. The van der Waals surface area contributed by atoms with Crippen molar-refractivity contribution in [2.75, 3.05) is 68.5 Å². The van der Waals surface area contributed by atoms with Gasteiger partial charge < -0.3 is 19.1 Å². The molecular weight excluding hydrogens is 472 g/mol. The van der Waals surface area contributed by atoms with Crippen LogP contribution < -0.4 is 19.1 Å². The molecule has 2 aliphatic heterocycles. The molecule has 0 unspecified atom stereocenters. The SMILES string of the molecule is CCCCS(=O)(=O)Nc1cc(-c2ccc3c(c2)N(CCN2CCOCC2)C(=O)CO3)cnc1OC. The number of anilines is 2. The normalized spacial score (nSPS) is 16.5. The molecule has 2 aromatic rings. The van der Waals surface area contributed by atoms with E-state index in [4.69, 9.17) is 14.2 Å². The van der Waals surface area contributed by atoms with Gasteiger partial charge in [-0.3, -0.25) is 14.4 Å². The Morgan fingerprint density at radius 3 is 2.69 bits per heavy atom. The summed E-state index contributed by atoms with van der Waals surface area (Å²) in [7, 11) is -2.09. The van der Waals surface area contributed by atoms with Gasteiger partial charge in [0.25, 0.3) is 5.91 Å². The number of rotatable bonds is 10. The molecule has 0 spiro atoms. The summed E-state index contributed by atoms with van der Waals surface area (Å²) in [5.74, 6) is 0.752. The van der Waals surface area contributed by atoms with Crippen molar-refractivity contribution in [2.45, 2.75) is 19.8 Å². The smallest absolute Gasteiger partial charge is 0.265 e. The molecule has 1 aromatic heterocycles. The molecule has 35 heavy (non-hydrogen) atoms. The lowest BCUT2D eigenvalue weighted by Crippen LogP contribution is -2.45. The Kier molecular flexibility index (Phi) is 8.09. The van der Waals surface area contributed by atoms with Gasteiger partial charge in [-0.25, -0.2) is 13.4 Å². The van der Waals surface area contributed by atoms with Crippen molar-refractivity contribution in [3.63, 3.8) is 0 Å². The Hall–Kier alpha value is -2.89. The lowest BCUT2D eigenvalue weighted by molar-refractivity contribution is -0.121. The van der Waals surface area contributed by atoms with E-state index in [1.807, 2.05) is 25.1 Å². The molecule has 0 radical (unpaired) electrons. The number of methoxy groups -OCH3 is 1. The molecule has 1 amide bonds. The molecule has 10 nitrogen and oxygen atoms in total. The minimum Gasteiger partial charge on any atom is -0.482 e. The number of nitrogens with zero attached hydrogens (tertiary/aromatic N) is 3. The van der Waals surface area contributed by atoms with Gasteiger partial charge in [-0.1, -0.05) is 19.4 Å². The molecule has 1 saturated heterocycles. The third-order valence-electron chi connectivity index (χ3n) is 6.06. The van der Waals surface area contributed by atoms with Crippen LogP contribution in [0.1, 0.15) is 19.8 Å². The van der Waals surface area contributed by atoms with Gasteiger partial charge in [0.05, 0.1) is 31.8 Å². The average Bonchev–Trinajstić information content (AvgIpc) is 2.87. The van der Waals surface area contributed by atoms with Crippen LogP contribution in [0.2, 0.25) is 0 Å². The first-order valence-corrected chi connectivity index (χ1v) is 13.5. The fourth-order valence-electron chi connectivity index (χ4n) is 4.09. The fraction of sp³-hybridized carbons (Fsp3) is 0.500. The van der Waals surface area contributed by atoms with E-state index in [0.717, 1.165) is 31.6 Å². The van der Waals surface area contributed by atoms with Gasteiger partial charge in [-0.05, 0) is 30.2 Å². The number of unbranched alkanes of at least 4 members (excludes halogenated alkanes) is 1. The minimum atomic E-state index is -3.53. The summed E-state index contributed by atoms with van der Waals surface area (Å²) < 4.78 is 43.9. The van der Waals surface area contributed by atoms with E-state index in [1.54, 1.807) is 17.2 Å². The molecule has 0 bridgehead atoms. The summed E-state index contributed by atoms with van der Waals surface area (Å²) in [5, 5.41) is 0. The Morgan fingerprint density at radius 1 is 1.14 bits per heavy atom. The third-order valence-corrected chi connectivity index (χ3v) is 7.41. The number of carbonyl (C=O) groups is 1. The van der Waals surface area contributed by atoms with Gasteiger partial charge in [-0.2, -0.15) is 0 Å². The van der Waals surface area contributed by atoms with Crippen molar-refractivity contribution < 1.29 is 27.4 Å². The van der Waals surface area contributed by atoms with E-state index >= 15 is 0 Å². The molecule has 190 valence electrons. The topological polar surface area (TPSA) is 110 Å². The van der Waals surface area contributed by atoms with E-state index in [2.05, 4.69) is 14.6 Å². The van der Waals surface area contributed by atoms with Crippen molar-refractivity contribution in [3.8, 4) is 22.8 Å². The molecule has 0 aliphatic carbocycles. The van der Waals surface area contributed by atoms with E-state index in [9.17, 15) is 13.2 Å². The predicted molar refractivity (Wildman–Crippen MR) is 134 cm³/mol. The third kappa shape index (κ3) is 6.22. The van der Waals surface area contributed by atoms with Crippen LogP contribution in [0.3, 0.4) is 0 Å². The summed E-state index contributed by atoms with van der Waals surface area (Å²) in [6, 6.07) is 7.27. The van der Waals surface area contributed by atoms with Gasteiger partial charge >= 0.3 is 0 Å². The lowest BCUT2D eigenvalue weighted by atomic mass is 10.0. The molecule has 11 heteroatoms. The highest BCUT2D eigenvalue weighted by atomic mass is 32.2. The minimum absolute atomic E-state index is 0.00321. The van der Waals surface area contributed by atoms with Crippen molar-refractivity contribution >= 4 is 27.3 Å². The van der Waals surface area contributed by atoms with Crippen molar-refractivity contribution in [1.29, 1.82) is 0 Å². The molecular formula is C24H32N4O6S. The van der Waals surface area contributed by atoms with E-state index < -0.39 is 10.0 Å². The maximum atomic E-state index is 12.7. The Labute approximate surface area is 206 Å². The van der Waals surface area contributed by atoms with E-state index in [0.29, 0.717) is 43.2 Å².